The molecule has 3 rings (SSSR count). The Labute approximate surface area is 187 Å². The summed E-state index contributed by atoms with van der Waals surface area (Å²) in [5, 5.41) is 20.3. The molecule has 7 heteroatoms. The molecule has 0 saturated carbocycles. The standard InChI is InChI=1S/C24H24N4O2S/c1-30-21-11-9-20(10-12-21)27-24(31)28-22(23(29)26-14-4-13-25)16-17-7-8-18-5-2-3-6-19(18)15-17/h2-3,5-12,15,22H,4,14,16H2,1H3,(H,26,29)(H2,27,28,31). The van der Waals surface area contributed by atoms with E-state index in [0.29, 0.717) is 18.1 Å². The molecule has 0 saturated heterocycles. The third kappa shape index (κ3) is 6.43. The first-order valence-corrected chi connectivity index (χ1v) is 10.3. The van der Waals surface area contributed by atoms with Gasteiger partial charge in [0.15, 0.2) is 5.11 Å². The first-order chi connectivity index (χ1) is 15.1. The van der Waals surface area contributed by atoms with E-state index >= 15 is 0 Å². The molecule has 0 spiro atoms. The van der Waals surface area contributed by atoms with E-state index in [2.05, 4.69) is 28.1 Å². The van der Waals surface area contributed by atoms with E-state index in [0.717, 1.165) is 27.8 Å². The number of benzene rings is 3. The molecule has 3 aromatic rings. The summed E-state index contributed by atoms with van der Waals surface area (Å²) >= 11 is 5.44. The maximum Gasteiger partial charge on any atom is 0.242 e. The van der Waals surface area contributed by atoms with Gasteiger partial charge in [0.2, 0.25) is 5.91 Å². The smallest absolute Gasteiger partial charge is 0.242 e. The van der Waals surface area contributed by atoms with Crippen molar-refractivity contribution in [3.8, 4) is 11.8 Å². The van der Waals surface area contributed by atoms with E-state index in [9.17, 15) is 4.79 Å². The lowest BCUT2D eigenvalue weighted by Gasteiger charge is -2.21. The zero-order valence-electron chi connectivity index (χ0n) is 17.2. The molecule has 3 N–H and O–H groups in total. The quantitative estimate of drug-likeness (QED) is 0.371. The molecular weight excluding hydrogens is 408 g/mol. The van der Waals surface area contributed by atoms with Crippen LogP contribution < -0.4 is 20.7 Å². The average Bonchev–Trinajstić information content (AvgIpc) is 2.79. The number of anilines is 1. The van der Waals surface area contributed by atoms with Gasteiger partial charge in [-0.05, 0) is 52.8 Å². The van der Waals surface area contributed by atoms with Crippen molar-refractivity contribution in [2.75, 3.05) is 19.0 Å². The van der Waals surface area contributed by atoms with Gasteiger partial charge in [-0.1, -0.05) is 42.5 Å². The predicted molar refractivity (Wildman–Crippen MR) is 127 cm³/mol. The minimum atomic E-state index is -0.585. The number of rotatable bonds is 8. The lowest BCUT2D eigenvalue weighted by molar-refractivity contribution is -0.122. The molecule has 31 heavy (non-hydrogen) atoms. The SMILES string of the molecule is COc1ccc(NC(=S)NC(Cc2ccc3ccccc3c2)C(=O)NCCC#N)cc1. The van der Waals surface area contributed by atoms with Crippen LogP contribution in [0, 0.1) is 11.3 Å². The fourth-order valence-corrected chi connectivity index (χ4v) is 3.44. The molecule has 1 unspecified atom stereocenters. The molecule has 0 aliphatic heterocycles. The van der Waals surface area contributed by atoms with Gasteiger partial charge in [0.1, 0.15) is 11.8 Å². The largest absolute Gasteiger partial charge is 0.497 e. The topological polar surface area (TPSA) is 86.2 Å². The minimum Gasteiger partial charge on any atom is -0.497 e. The van der Waals surface area contributed by atoms with Crippen molar-refractivity contribution in [3.63, 3.8) is 0 Å². The van der Waals surface area contributed by atoms with Crippen LogP contribution in [0.5, 0.6) is 5.75 Å². The molecule has 3 aromatic carbocycles. The lowest BCUT2D eigenvalue weighted by atomic mass is 10.0. The first-order valence-electron chi connectivity index (χ1n) is 9.93. The summed E-state index contributed by atoms with van der Waals surface area (Å²) in [5.41, 5.74) is 1.80. The van der Waals surface area contributed by atoms with Crippen molar-refractivity contribution in [2.45, 2.75) is 18.9 Å². The summed E-state index contributed by atoms with van der Waals surface area (Å²) in [4.78, 5) is 12.8. The van der Waals surface area contributed by atoms with E-state index < -0.39 is 6.04 Å². The number of nitrogens with one attached hydrogen (secondary N) is 3. The van der Waals surface area contributed by atoms with Gasteiger partial charge in [-0.3, -0.25) is 4.79 Å². The Hall–Kier alpha value is -3.63. The number of nitriles is 1. The Morgan fingerprint density at radius 1 is 1.10 bits per heavy atom. The van der Waals surface area contributed by atoms with Crippen molar-refractivity contribution in [1.29, 1.82) is 5.26 Å². The fraction of sp³-hybridized carbons (Fsp3) is 0.208. The van der Waals surface area contributed by atoms with Crippen LogP contribution in [-0.2, 0) is 11.2 Å². The van der Waals surface area contributed by atoms with Crippen molar-refractivity contribution < 1.29 is 9.53 Å². The summed E-state index contributed by atoms with van der Waals surface area (Å²) in [6.45, 7) is 0.296. The molecular formula is C24H24N4O2S. The Morgan fingerprint density at radius 3 is 2.55 bits per heavy atom. The van der Waals surface area contributed by atoms with Crippen LogP contribution >= 0.6 is 12.2 Å². The molecule has 0 aromatic heterocycles. The Bertz CT molecular complexity index is 1090. The monoisotopic (exact) mass is 432 g/mol. The van der Waals surface area contributed by atoms with Crippen LogP contribution in [0.4, 0.5) is 5.69 Å². The Kier molecular flexibility index (Phi) is 7.79. The number of carbonyl (C=O) groups is 1. The Balaban J connectivity index is 1.71. The molecule has 1 amide bonds. The minimum absolute atomic E-state index is 0.206. The van der Waals surface area contributed by atoms with Gasteiger partial charge in [-0.15, -0.1) is 0 Å². The molecule has 0 radical (unpaired) electrons. The second-order valence-corrected chi connectivity index (χ2v) is 7.37. The van der Waals surface area contributed by atoms with Gasteiger partial charge in [-0.2, -0.15) is 5.26 Å². The second-order valence-electron chi connectivity index (χ2n) is 6.96. The number of carbonyl (C=O) groups excluding carboxylic acids is 1. The number of hydrogen-bond acceptors (Lipinski definition) is 4. The van der Waals surface area contributed by atoms with Crippen molar-refractivity contribution in [1.82, 2.24) is 10.6 Å². The van der Waals surface area contributed by atoms with E-state index in [1.807, 2.05) is 60.7 Å². The highest BCUT2D eigenvalue weighted by Gasteiger charge is 2.20. The number of hydrogen-bond donors (Lipinski definition) is 3. The lowest BCUT2D eigenvalue weighted by Crippen LogP contribution is -2.49. The fourth-order valence-electron chi connectivity index (χ4n) is 3.18. The van der Waals surface area contributed by atoms with Crippen LogP contribution in [0.3, 0.4) is 0 Å². The number of nitrogens with zero attached hydrogens (tertiary/aromatic N) is 1. The van der Waals surface area contributed by atoms with Gasteiger partial charge in [0.05, 0.1) is 19.6 Å². The number of methoxy groups -OCH3 is 1. The van der Waals surface area contributed by atoms with Crippen LogP contribution in [0.2, 0.25) is 0 Å². The van der Waals surface area contributed by atoms with Crippen LogP contribution in [0.1, 0.15) is 12.0 Å². The van der Waals surface area contributed by atoms with Gasteiger partial charge in [0, 0.05) is 18.7 Å². The van der Waals surface area contributed by atoms with Crippen LogP contribution in [-0.4, -0.2) is 30.7 Å². The highest BCUT2D eigenvalue weighted by Crippen LogP contribution is 2.17. The third-order valence-corrected chi connectivity index (χ3v) is 4.98. The van der Waals surface area contributed by atoms with Crippen molar-refractivity contribution >= 4 is 39.7 Å². The maximum atomic E-state index is 12.8. The third-order valence-electron chi connectivity index (χ3n) is 4.76. The van der Waals surface area contributed by atoms with Gasteiger partial charge in [-0.25, -0.2) is 0 Å². The average molecular weight is 433 g/mol. The van der Waals surface area contributed by atoms with Gasteiger partial charge < -0.3 is 20.7 Å². The zero-order chi connectivity index (χ0) is 22.1. The summed E-state index contributed by atoms with van der Waals surface area (Å²) in [6.07, 6.45) is 0.705. The maximum absolute atomic E-state index is 12.8. The molecule has 0 aliphatic carbocycles. The van der Waals surface area contributed by atoms with Crippen molar-refractivity contribution in [2.24, 2.45) is 0 Å². The Morgan fingerprint density at radius 2 is 1.84 bits per heavy atom. The number of ether oxygens (including phenoxy) is 1. The summed E-state index contributed by atoms with van der Waals surface area (Å²) < 4.78 is 5.16. The summed E-state index contributed by atoms with van der Waals surface area (Å²) in [6, 6.07) is 23.0. The highest BCUT2D eigenvalue weighted by atomic mass is 32.1. The van der Waals surface area contributed by atoms with Crippen LogP contribution in [0.25, 0.3) is 10.8 Å². The molecule has 6 nitrogen and oxygen atoms in total. The molecule has 0 heterocycles. The molecule has 1 atom stereocenters. The summed E-state index contributed by atoms with van der Waals surface area (Å²) in [5.74, 6) is 0.540. The predicted octanol–water partition coefficient (Wildman–Crippen LogP) is 3.78. The number of fused-ring (bicyclic) bond motifs is 1. The zero-order valence-corrected chi connectivity index (χ0v) is 18.0. The van der Waals surface area contributed by atoms with Crippen molar-refractivity contribution in [3.05, 3.63) is 72.3 Å². The van der Waals surface area contributed by atoms with E-state index in [-0.39, 0.29) is 12.3 Å². The van der Waals surface area contributed by atoms with Gasteiger partial charge in [0.25, 0.3) is 0 Å². The first kappa shape index (κ1) is 22.1. The number of thiocarbonyl (C=S) groups is 1. The van der Waals surface area contributed by atoms with Crippen LogP contribution in [0.15, 0.2) is 66.7 Å². The van der Waals surface area contributed by atoms with E-state index in [1.165, 1.54) is 0 Å². The molecule has 158 valence electrons. The molecule has 0 fully saturated rings. The van der Waals surface area contributed by atoms with E-state index in [4.69, 9.17) is 22.2 Å². The summed E-state index contributed by atoms with van der Waals surface area (Å²) in [7, 11) is 1.61. The highest BCUT2D eigenvalue weighted by molar-refractivity contribution is 7.80. The normalized spacial score (nSPS) is 11.2. The van der Waals surface area contributed by atoms with E-state index in [1.54, 1.807) is 7.11 Å². The second kappa shape index (κ2) is 11.0. The molecule has 0 aliphatic rings. The van der Waals surface area contributed by atoms with Gasteiger partial charge >= 0.3 is 0 Å². The number of amides is 1. The molecule has 0 bridgehead atoms.